The van der Waals surface area contributed by atoms with Gasteiger partial charge in [0.25, 0.3) is 0 Å². The molecule has 8 heavy (non-hydrogen) atoms. The molecule has 0 saturated heterocycles. The van der Waals surface area contributed by atoms with E-state index in [1.807, 2.05) is 0 Å². The number of thiophene rings is 1. The molecule has 1 heterocycles. The summed E-state index contributed by atoms with van der Waals surface area (Å²) in [5.74, 6) is 0.0185. The van der Waals surface area contributed by atoms with E-state index in [4.69, 9.17) is 5.11 Å². The molecule has 0 aliphatic heterocycles. The van der Waals surface area contributed by atoms with Crippen molar-refractivity contribution in [2.24, 2.45) is 0 Å². The third-order valence-electron chi connectivity index (χ3n) is 0.737. The second kappa shape index (κ2) is 1.96. The van der Waals surface area contributed by atoms with Gasteiger partial charge < -0.3 is 5.11 Å². The van der Waals surface area contributed by atoms with Crippen LogP contribution < -0.4 is 0 Å². The lowest BCUT2D eigenvalue weighted by atomic mass is 10.5. The Bertz CT molecular complexity index is 192. The highest BCUT2D eigenvalue weighted by molar-refractivity contribution is 7.12. The summed E-state index contributed by atoms with van der Waals surface area (Å²) in [7, 11) is 0. The lowest BCUT2D eigenvalue weighted by molar-refractivity contribution is 0.475. The van der Waals surface area contributed by atoms with Crippen molar-refractivity contribution >= 4 is 17.6 Å². The van der Waals surface area contributed by atoms with Crippen LogP contribution in [0.1, 0.15) is 4.88 Å². The standard InChI is InChI=1S/C5H3O2S/c6-3-5-4(7)1-2-8-5/h1-2,7H. The zero-order valence-corrected chi connectivity index (χ0v) is 4.73. The summed E-state index contributed by atoms with van der Waals surface area (Å²) in [4.78, 5) is 10.1. The summed E-state index contributed by atoms with van der Waals surface area (Å²) in [6, 6.07) is 1.46. The smallest absolute Gasteiger partial charge is 0.248 e. The summed E-state index contributed by atoms with van der Waals surface area (Å²) in [6.45, 7) is 0. The van der Waals surface area contributed by atoms with Gasteiger partial charge >= 0.3 is 0 Å². The molecule has 0 aliphatic rings. The maximum atomic E-state index is 9.81. The molecule has 3 heteroatoms. The minimum atomic E-state index is 0.0185. The summed E-state index contributed by atoms with van der Waals surface area (Å²) in [5.41, 5.74) is 0. The second-order valence-corrected chi connectivity index (χ2v) is 2.15. The first kappa shape index (κ1) is 5.31. The van der Waals surface area contributed by atoms with Crippen molar-refractivity contribution < 1.29 is 9.90 Å². The fourth-order valence-electron chi connectivity index (χ4n) is 0.379. The van der Waals surface area contributed by atoms with Crippen LogP contribution in [0.15, 0.2) is 11.4 Å². The lowest BCUT2D eigenvalue weighted by Gasteiger charge is -1.77. The highest BCUT2D eigenvalue weighted by Gasteiger charge is 1.98. The minimum Gasteiger partial charge on any atom is -0.506 e. The maximum Gasteiger partial charge on any atom is 0.248 e. The number of hydrogen-bond donors (Lipinski definition) is 1. The van der Waals surface area contributed by atoms with E-state index in [9.17, 15) is 4.79 Å². The maximum absolute atomic E-state index is 9.81. The van der Waals surface area contributed by atoms with Gasteiger partial charge in [-0.05, 0) is 11.4 Å². The van der Waals surface area contributed by atoms with Gasteiger partial charge in [0.1, 0.15) is 10.6 Å². The average Bonchev–Trinajstić information content (AvgIpc) is 2.14. The second-order valence-electron chi connectivity index (χ2n) is 1.24. The molecule has 0 fully saturated rings. The molecule has 0 aromatic carbocycles. The summed E-state index contributed by atoms with van der Waals surface area (Å²) >= 11 is 1.18. The zero-order chi connectivity index (χ0) is 5.98. The molecule has 0 atom stereocenters. The third-order valence-corrected chi connectivity index (χ3v) is 1.54. The molecule has 0 unspecified atom stereocenters. The molecule has 2 nitrogen and oxygen atoms in total. The van der Waals surface area contributed by atoms with Gasteiger partial charge in [0, 0.05) is 0 Å². The topological polar surface area (TPSA) is 37.3 Å². The zero-order valence-electron chi connectivity index (χ0n) is 3.92. The summed E-state index contributed by atoms with van der Waals surface area (Å²) in [5, 5.41) is 10.3. The highest BCUT2D eigenvalue weighted by atomic mass is 32.1. The summed E-state index contributed by atoms with van der Waals surface area (Å²) < 4.78 is 0. The van der Waals surface area contributed by atoms with Crippen LogP contribution in [0.5, 0.6) is 5.75 Å². The Morgan fingerprint density at radius 2 is 2.50 bits per heavy atom. The lowest BCUT2D eigenvalue weighted by Crippen LogP contribution is -1.67. The molecular formula is C5H3O2S. The van der Waals surface area contributed by atoms with Gasteiger partial charge in [-0.25, -0.2) is 0 Å². The Morgan fingerprint density at radius 3 is 2.75 bits per heavy atom. The minimum absolute atomic E-state index is 0.0185. The third kappa shape index (κ3) is 0.721. The van der Waals surface area contributed by atoms with Crippen LogP contribution in [0.25, 0.3) is 0 Å². The van der Waals surface area contributed by atoms with Crippen LogP contribution in [-0.2, 0) is 4.79 Å². The van der Waals surface area contributed by atoms with E-state index in [0.29, 0.717) is 0 Å². The van der Waals surface area contributed by atoms with Crippen molar-refractivity contribution in [1.82, 2.24) is 0 Å². The van der Waals surface area contributed by atoms with E-state index in [0.717, 1.165) is 0 Å². The van der Waals surface area contributed by atoms with Gasteiger partial charge in [-0.3, -0.25) is 4.79 Å². The first-order valence-electron chi connectivity index (χ1n) is 1.99. The normalized spacial score (nSPS) is 9.00. The van der Waals surface area contributed by atoms with Crippen molar-refractivity contribution in [3.63, 3.8) is 0 Å². The molecule has 0 spiro atoms. The Labute approximate surface area is 50.4 Å². The van der Waals surface area contributed by atoms with Gasteiger partial charge in [0.15, 0.2) is 0 Å². The SMILES string of the molecule is O=[C]c1sccc1O. The monoisotopic (exact) mass is 127 g/mol. The first-order chi connectivity index (χ1) is 3.84. The molecule has 0 saturated carbocycles. The van der Waals surface area contributed by atoms with E-state index in [1.165, 1.54) is 17.4 Å². The Kier molecular flexibility index (Phi) is 1.30. The molecule has 1 rings (SSSR count). The van der Waals surface area contributed by atoms with Crippen LogP contribution >= 0.6 is 11.3 Å². The average molecular weight is 127 g/mol. The van der Waals surface area contributed by atoms with Crippen molar-refractivity contribution in [3.05, 3.63) is 16.3 Å². The van der Waals surface area contributed by atoms with E-state index < -0.39 is 0 Å². The van der Waals surface area contributed by atoms with Crippen LogP contribution in [0.3, 0.4) is 0 Å². The van der Waals surface area contributed by atoms with E-state index in [1.54, 1.807) is 11.7 Å². The predicted octanol–water partition coefficient (Wildman–Crippen LogP) is 0.911. The molecule has 41 valence electrons. The van der Waals surface area contributed by atoms with Crippen molar-refractivity contribution in [3.8, 4) is 5.75 Å². The van der Waals surface area contributed by atoms with E-state index in [2.05, 4.69) is 0 Å². The van der Waals surface area contributed by atoms with Crippen molar-refractivity contribution in [2.75, 3.05) is 0 Å². The van der Waals surface area contributed by atoms with Crippen LogP contribution in [0.4, 0.5) is 0 Å². The molecule has 0 amide bonds. The van der Waals surface area contributed by atoms with Gasteiger partial charge in [-0.1, -0.05) is 0 Å². The van der Waals surface area contributed by atoms with Gasteiger partial charge in [-0.15, -0.1) is 11.3 Å². The van der Waals surface area contributed by atoms with E-state index in [-0.39, 0.29) is 10.6 Å². The largest absolute Gasteiger partial charge is 0.506 e. The fourth-order valence-corrected chi connectivity index (χ4v) is 0.949. The van der Waals surface area contributed by atoms with Gasteiger partial charge in [0.2, 0.25) is 6.29 Å². The Morgan fingerprint density at radius 1 is 1.75 bits per heavy atom. The van der Waals surface area contributed by atoms with Crippen LogP contribution in [0.2, 0.25) is 0 Å². The van der Waals surface area contributed by atoms with E-state index >= 15 is 0 Å². The van der Waals surface area contributed by atoms with Crippen molar-refractivity contribution in [1.29, 1.82) is 0 Å². The molecule has 1 aromatic heterocycles. The molecule has 1 aromatic rings. The quantitative estimate of drug-likeness (QED) is 0.608. The molecule has 1 N–H and O–H groups in total. The van der Waals surface area contributed by atoms with Crippen LogP contribution in [-0.4, -0.2) is 11.4 Å². The number of aromatic hydroxyl groups is 1. The molecule has 1 radical (unpaired) electrons. The van der Waals surface area contributed by atoms with Gasteiger partial charge in [0.05, 0.1) is 0 Å². The predicted molar refractivity (Wildman–Crippen MR) is 30.8 cm³/mol. The molecule has 0 bridgehead atoms. The number of rotatable bonds is 1. The first-order valence-corrected chi connectivity index (χ1v) is 2.87. The number of carbonyl (C=O) groups excluding carboxylic acids is 1. The fraction of sp³-hybridized carbons (Fsp3) is 0. The Hall–Kier alpha value is -0.830. The highest BCUT2D eigenvalue weighted by Crippen LogP contribution is 2.19. The summed E-state index contributed by atoms with van der Waals surface area (Å²) in [6.07, 6.45) is 1.59. The molecule has 0 aliphatic carbocycles. The number of hydrogen-bond acceptors (Lipinski definition) is 3. The molecular weight excluding hydrogens is 124 g/mol. The Balaban J connectivity index is 3.09. The van der Waals surface area contributed by atoms with Gasteiger partial charge in [-0.2, -0.15) is 0 Å². The van der Waals surface area contributed by atoms with Crippen molar-refractivity contribution in [2.45, 2.75) is 0 Å². The van der Waals surface area contributed by atoms with Crippen LogP contribution in [0, 0.1) is 0 Å².